The second-order valence-corrected chi connectivity index (χ2v) is 11.7. The van der Waals surface area contributed by atoms with Crippen LogP contribution in [0.1, 0.15) is 62.1 Å². The minimum Gasteiger partial charge on any atom is -0.360 e. The zero-order chi connectivity index (χ0) is 31.8. The number of nitrogens with zero attached hydrogens (tertiary/aromatic N) is 3. The van der Waals surface area contributed by atoms with Crippen molar-refractivity contribution in [3.05, 3.63) is 135 Å². The first kappa shape index (κ1) is 34.4. The van der Waals surface area contributed by atoms with Crippen molar-refractivity contribution in [1.29, 1.82) is 0 Å². The lowest BCUT2D eigenvalue weighted by Crippen LogP contribution is -2.44. The second kappa shape index (κ2) is 15.7. The Labute approximate surface area is 276 Å². The first-order valence-corrected chi connectivity index (χ1v) is 15.6. The molecule has 10 heteroatoms. The maximum Gasteiger partial charge on any atom is 0.269 e. The molecule has 3 aromatic carbocycles. The van der Waals surface area contributed by atoms with E-state index in [1.165, 1.54) is 23.3 Å². The highest BCUT2D eigenvalue weighted by molar-refractivity contribution is 5.85. The van der Waals surface area contributed by atoms with Gasteiger partial charge in [-0.25, -0.2) is 0 Å². The summed E-state index contributed by atoms with van der Waals surface area (Å²) in [6.07, 6.45) is 4.92. The lowest BCUT2D eigenvalue weighted by Gasteiger charge is -2.43. The van der Waals surface area contributed by atoms with Crippen LogP contribution in [0, 0.1) is 10.1 Å². The summed E-state index contributed by atoms with van der Waals surface area (Å²) in [6, 6.07) is 27.9. The number of nitro groups is 1. The van der Waals surface area contributed by atoms with Crippen LogP contribution in [0.4, 0.5) is 5.69 Å². The molecule has 1 unspecified atom stereocenters. The van der Waals surface area contributed by atoms with Gasteiger partial charge in [0, 0.05) is 35.5 Å². The number of amides is 2. The Kier molecular flexibility index (Phi) is 11.7. The van der Waals surface area contributed by atoms with Gasteiger partial charge in [0.05, 0.1) is 22.2 Å². The van der Waals surface area contributed by atoms with Crippen molar-refractivity contribution in [2.24, 2.45) is 0 Å². The molecule has 5 rings (SSSR count). The van der Waals surface area contributed by atoms with Gasteiger partial charge in [0.1, 0.15) is 0 Å². The molecule has 2 amide bonds. The van der Waals surface area contributed by atoms with Gasteiger partial charge in [0.2, 0.25) is 12.8 Å². The number of dihydropyridines is 1. The van der Waals surface area contributed by atoms with E-state index in [4.69, 9.17) is 0 Å². The summed E-state index contributed by atoms with van der Waals surface area (Å²) in [5, 5.41) is 17.5. The molecule has 1 saturated heterocycles. The van der Waals surface area contributed by atoms with Crippen molar-refractivity contribution >= 4 is 30.9 Å². The lowest BCUT2D eigenvalue weighted by molar-refractivity contribution is -0.384. The SMILES string of the molecule is CCC1=C(N(C=O)CCCN2CCC(c3ccccc3)(c3ccccc3)CC2)C(c2ccc([N+](=O)[O-])cc2)C(NC=O)=C(C)N1.Cl. The number of hydrogen-bond donors (Lipinski definition) is 2. The predicted octanol–water partition coefficient (Wildman–Crippen LogP) is 6.23. The number of hydrogen-bond acceptors (Lipinski definition) is 6. The maximum atomic E-state index is 12.7. The third-order valence-corrected chi connectivity index (χ3v) is 9.29. The van der Waals surface area contributed by atoms with E-state index in [1.807, 2.05) is 13.8 Å². The summed E-state index contributed by atoms with van der Waals surface area (Å²) in [4.78, 5) is 39.4. The summed E-state index contributed by atoms with van der Waals surface area (Å²) >= 11 is 0. The number of piperidine rings is 1. The van der Waals surface area contributed by atoms with E-state index in [0.717, 1.165) is 68.0 Å². The molecule has 0 aliphatic carbocycles. The zero-order valence-electron chi connectivity index (χ0n) is 26.4. The smallest absolute Gasteiger partial charge is 0.269 e. The first-order valence-electron chi connectivity index (χ1n) is 15.6. The number of likely N-dealkylation sites (tertiary alicyclic amines) is 1. The zero-order valence-corrected chi connectivity index (χ0v) is 27.2. The molecular weight excluding hydrogens is 602 g/mol. The van der Waals surface area contributed by atoms with Gasteiger partial charge >= 0.3 is 0 Å². The molecule has 0 radical (unpaired) electrons. The van der Waals surface area contributed by atoms with Gasteiger partial charge in [-0.2, -0.15) is 0 Å². The van der Waals surface area contributed by atoms with Gasteiger partial charge in [0.15, 0.2) is 0 Å². The lowest BCUT2D eigenvalue weighted by atomic mass is 9.68. The number of carbonyl (C=O) groups excluding carboxylic acids is 2. The van der Waals surface area contributed by atoms with Crippen LogP contribution in [0.3, 0.4) is 0 Å². The van der Waals surface area contributed by atoms with Crippen molar-refractivity contribution in [3.8, 4) is 0 Å². The van der Waals surface area contributed by atoms with Crippen LogP contribution in [0.2, 0.25) is 0 Å². The highest BCUT2D eigenvalue weighted by Crippen LogP contribution is 2.42. The van der Waals surface area contributed by atoms with Crippen LogP contribution in [0.15, 0.2) is 108 Å². The van der Waals surface area contributed by atoms with E-state index < -0.39 is 10.8 Å². The quantitative estimate of drug-likeness (QED) is 0.130. The van der Waals surface area contributed by atoms with Crippen molar-refractivity contribution < 1.29 is 14.5 Å². The topological polar surface area (TPSA) is 108 Å². The number of benzene rings is 3. The summed E-state index contributed by atoms with van der Waals surface area (Å²) in [5.41, 5.74) is 6.45. The van der Waals surface area contributed by atoms with E-state index in [1.54, 1.807) is 17.0 Å². The molecule has 0 bridgehead atoms. The summed E-state index contributed by atoms with van der Waals surface area (Å²) in [5.74, 6) is -0.468. The Morgan fingerprint density at radius 2 is 1.57 bits per heavy atom. The molecule has 46 heavy (non-hydrogen) atoms. The van der Waals surface area contributed by atoms with E-state index in [-0.39, 0.29) is 23.5 Å². The molecule has 1 fully saturated rings. The van der Waals surface area contributed by atoms with Crippen LogP contribution in [-0.4, -0.2) is 53.7 Å². The predicted molar refractivity (Wildman–Crippen MR) is 182 cm³/mol. The summed E-state index contributed by atoms with van der Waals surface area (Å²) in [7, 11) is 0. The fraction of sp³-hybridized carbons (Fsp3) is 0.333. The average Bonchev–Trinajstić information content (AvgIpc) is 3.08. The molecular formula is C36H42ClN5O4. The first-order chi connectivity index (χ1) is 21.9. The van der Waals surface area contributed by atoms with Gasteiger partial charge < -0.3 is 20.4 Å². The number of rotatable bonds is 13. The number of halogens is 1. The molecule has 0 saturated carbocycles. The van der Waals surface area contributed by atoms with Crippen LogP contribution < -0.4 is 10.6 Å². The largest absolute Gasteiger partial charge is 0.360 e. The third kappa shape index (κ3) is 7.16. The van der Waals surface area contributed by atoms with Crippen LogP contribution >= 0.6 is 12.4 Å². The normalized spacial score (nSPS) is 17.8. The van der Waals surface area contributed by atoms with E-state index in [2.05, 4.69) is 76.2 Å². The fourth-order valence-electron chi connectivity index (χ4n) is 6.97. The number of non-ortho nitro benzene ring substituents is 1. The minimum atomic E-state index is -0.468. The third-order valence-electron chi connectivity index (χ3n) is 9.29. The van der Waals surface area contributed by atoms with Crippen molar-refractivity contribution in [2.45, 2.75) is 50.9 Å². The van der Waals surface area contributed by atoms with E-state index in [0.29, 0.717) is 25.1 Å². The molecule has 0 spiro atoms. The molecule has 2 heterocycles. The Balaban J connectivity index is 0.00000480. The van der Waals surface area contributed by atoms with Gasteiger partial charge in [-0.15, -0.1) is 12.4 Å². The molecule has 9 nitrogen and oxygen atoms in total. The average molecular weight is 644 g/mol. The van der Waals surface area contributed by atoms with Crippen molar-refractivity contribution in [1.82, 2.24) is 20.4 Å². The number of carbonyl (C=O) groups is 2. The molecule has 3 aromatic rings. The molecule has 2 aliphatic rings. The number of nitro benzene ring substituents is 1. The van der Waals surface area contributed by atoms with Crippen LogP contribution in [0.5, 0.6) is 0 Å². The molecule has 2 aliphatic heterocycles. The number of allylic oxidation sites excluding steroid dienone is 2. The molecule has 0 aromatic heterocycles. The Morgan fingerprint density at radius 3 is 2.07 bits per heavy atom. The van der Waals surface area contributed by atoms with Crippen LogP contribution in [0.25, 0.3) is 0 Å². The van der Waals surface area contributed by atoms with Crippen molar-refractivity contribution in [2.75, 3.05) is 26.2 Å². The Morgan fingerprint density at radius 1 is 0.978 bits per heavy atom. The Hall–Kier alpha value is -4.47. The van der Waals surface area contributed by atoms with E-state index >= 15 is 0 Å². The molecule has 2 N–H and O–H groups in total. The van der Waals surface area contributed by atoms with Crippen LogP contribution in [-0.2, 0) is 15.0 Å². The minimum absolute atomic E-state index is 0. The van der Waals surface area contributed by atoms with Gasteiger partial charge in [0.25, 0.3) is 5.69 Å². The molecule has 1 atom stereocenters. The molecule has 242 valence electrons. The summed E-state index contributed by atoms with van der Waals surface area (Å²) in [6.45, 7) is 7.15. The van der Waals surface area contributed by atoms with Gasteiger partial charge in [-0.05, 0) is 68.9 Å². The fourth-order valence-corrected chi connectivity index (χ4v) is 6.97. The standard InChI is InChI=1S/C36H41N5O4.ClH/c1-3-32-35(33(34(37-25-42)27(2)38-32)28-15-17-31(18-16-28)41(44)45)40(26-43)22-10-21-39-23-19-36(20-24-39,29-11-6-4-7-12-29)30-13-8-5-9-14-30;/h4-9,11-18,25-26,33,38H,3,10,19-24H2,1-2H3,(H,37,42);1H. The Bertz CT molecular complexity index is 1510. The highest BCUT2D eigenvalue weighted by Gasteiger charge is 2.38. The second-order valence-electron chi connectivity index (χ2n) is 11.7. The highest BCUT2D eigenvalue weighted by atomic mass is 35.5. The maximum absolute atomic E-state index is 12.7. The van der Waals surface area contributed by atoms with E-state index in [9.17, 15) is 19.7 Å². The summed E-state index contributed by atoms with van der Waals surface area (Å²) < 4.78 is 0. The number of nitrogens with one attached hydrogen (secondary N) is 2. The monoisotopic (exact) mass is 643 g/mol. The van der Waals surface area contributed by atoms with Gasteiger partial charge in [-0.3, -0.25) is 19.7 Å². The van der Waals surface area contributed by atoms with Gasteiger partial charge in [-0.1, -0.05) is 79.7 Å². The van der Waals surface area contributed by atoms with Crippen molar-refractivity contribution in [3.63, 3.8) is 0 Å².